The zero-order chi connectivity index (χ0) is 22.1. The fraction of sp³-hybridized carbons (Fsp3) is 0.160. The molecule has 0 saturated carbocycles. The van der Waals surface area contributed by atoms with E-state index in [0.29, 0.717) is 24.7 Å². The number of nitrogens with zero attached hydrogens (tertiary/aromatic N) is 3. The Labute approximate surface area is 185 Å². The SMILES string of the molecule is COc1ccc(-c2ccc3ncnc(-c4ccc(N5CCOC5=O)cc4)c3c2)cc1OC. The Hall–Kier alpha value is -4.13. The molecule has 0 spiro atoms. The molecule has 1 amide bonds. The molecule has 0 unspecified atom stereocenters. The summed E-state index contributed by atoms with van der Waals surface area (Å²) in [6.07, 6.45) is 1.25. The molecule has 0 N–H and O–H groups in total. The van der Waals surface area contributed by atoms with Crippen molar-refractivity contribution in [2.75, 3.05) is 32.3 Å². The van der Waals surface area contributed by atoms with Gasteiger partial charge in [-0.05, 0) is 47.5 Å². The van der Waals surface area contributed by atoms with Gasteiger partial charge in [0.05, 0.1) is 32.0 Å². The smallest absolute Gasteiger partial charge is 0.414 e. The molecule has 1 aromatic heterocycles. The number of ether oxygens (including phenoxy) is 3. The van der Waals surface area contributed by atoms with Crippen LogP contribution in [0.15, 0.2) is 67.0 Å². The van der Waals surface area contributed by atoms with Gasteiger partial charge < -0.3 is 14.2 Å². The summed E-state index contributed by atoms with van der Waals surface area (Å²) in [4.78, 5) is 22.4. The van der Waals surface area contributed by atoms with Crippen LogP contribution in [0.1, 0.15) is 0 Å². The first-order valence-electron chi connectivity index (χ1n) is 10.2. The summed E-state index contributed by atoms with van der Waals surface area (Å²) in [7, 11) is 3.24. The second-order valence-electron chi connectivity index (χ2n) is 7.34. The van der Waals surface area contributed by atoms with Gasteiger partial charge in [-0.2, -0.15) is 0 Å². The highest BCUT2D eigenvalue weighted by Crippen LogP contribution is 2.35. The van der Waals surface area contributed by atoms with E-state index < -0.39 is 0 Å². The number of methoxy groups -OCH3 is 2. The summed E-state index contributed by atoms with van der Waals surface area (Å²) in [6, 6.07) is 19.7. The van der Waals surface area contributed by atoms with E-state index in [-0.39, 0.29) is 6.09 Å². The van der Waals surface area contributed by atoms with Crippen LogP contribution in [0.4, 0.5) is 10.5 Å². The molecule has 1 aliphatic heterocycles. The topological polar surface area (TPSA) is 73.8 Å². The third kappa shape index (κ3) is 3.47. The lowest BCUT2D eigenvalue weighted by molar-refractivity contribution is 0.181. The minimum atomic E-state index is -0.315. The molecule has 0 aliphatic carbocycles. The van der Waals surface area contributed by atoms with Crippen molar-refractivity contribution in [2.24, 2.45) is 0 Å². The van der Waals surface area contributed by atoms with Gasteiger partial charge in [0.1, 0.15) is 12.9 Å². The van der Waals surface area contributed by atoms with Crippen LogP contribution in [0, 0.1) is 0 Å². The molecule has 160 valence electrons. The van der Waals surface area contributed by atoms with Crippen molar-refractivity contribution in [3.63, 3.8) is 0 Å². The summed E-state index contributed by atoms with van der Waals surface area (Å²) in [5, 5.41) is 0.938. The van der Waals surface area contributed by atoms with Gasteiger partial charge in [-0.1, -0.05) is 24.3 Å². The normalized spacial score (nSPS) is 13.3. The molecule has 1 saturated heterocycles. The van der Waals surface area contributed by atoms with E-state index in [1.54, 1.807) is 25.4 Å². The van der Waals surface area contributed by atoms with Gasteiger partial charge in [-0.25, -0.2) is 14.8 Å². The number of hydrogen-bond donors (Lipinski definition) is 0. The number of benzene rings is 3. The number of hydrogen-bond acceptors (Lipinski definition) is 6. The number of rotatable bonds is 5. The maximum atomic E-state index is 11.8. The van der Waals surface area contributed by atoms with Crippen molar-refractivity contribution < 1.29 is 19.0 Å². The summed E-state index contributed by atoms with van der Waals surface area (Å²) in [6.45, 7) is 0.972. The van der Waals surface area contributed by atoms with Crippen LogP contribution >= 0.6 is 0 Å². The van der Waals surface area contributed by atoms with E-state index in [2.05, 4.69) is 16.0 Å². The number of carbonyl (C=O) groups is 1. The van der Waals surface area contributed by atoms with E-state index in [4.69, 9.17) is 14.2 Å². The second-order valence-corrected chi connectivity index (χ2v) is 7.34. The molecular formula is C25H21N3O4. The van der Waals surface area contributed by atoms with Crippen molar-refractivity contribution in [2.45, 2.75) is 0 Å². The van der Waals surface area contributed by atoms with E-state index in [0.717, 1.165) is 39.0 Å². The number of aromatic nitrogens is 2. The van der Waals surface area contributed by atoms with Crippen LogP contribution in [0.2, 0.25) is 0 Å². The average Bonchev–Trinajstić information content (AvgIpc) is 3.28. The molecule has 5 rings (SSSR count). The van der Waals surface area contributed by atoms with Crippen molar-refractivity contribution in [3.05, 3.63) is 67.0 Å². The average molecular weight is 427 g/mol. The van der Waals surface area contributed by atoms with Crippen molar-refractivity contribution in [1.82, 2.24) is 9.97 Å². The van der Waals surface area contributed by atoms with Crippen LogP contribution < -0.4 is 14.4 Å². The van der Waals surface area contributed by atoms with Gasteiger partial charge in [0, 0.05) is 16.6 Å². The monoisotopic (exact) mass is 427 g/mol. The maximum Gasteiger partial charge on any atom is 0.414 e. The Morgan fingerprint density at radius 3 is 2.28 bits per heavy atom. The van der Waals surface area contributed by atoms with Crippen LogP contribution in [0.3, 0.4) is 0 Å². The van der Waals surface area contributed by atoms with Gasteiger partial charge in [-0.3, -0.25) is 4.90 Å². The third-order valence-corrected chi connectivity index (χ3v) is 5.57. The Morgan fingerprint density at radius 1 is 0.844 bits per heavy atom. The molecule has 7 heteroatoms. The third-order valence-electron chi connectivity index (χ3n) is 5.57. The van der Waals surface area contributed by atoms with Crippen molar-refractivity contribution in [3.8, 4) is 33.9 Å². The first-order chi connectivity index (χ1) is 15.7. The minimum absolute atomic E-state index is 0.315. The van der Waals surface area contributed by atoms with Crippen LogP contribution in [-0.2, 0) is 4.74 Å². The first kappa shape index (κ1) is 19.8. The molecule has 32 heavy (non-hydrogen) atoms. The lowest BCUT2D eigenvalue weighted by Crippen LogP contribution is -2.23. The van der Waals surface area contributed by atoms with Crippen LogP contribution in [0.25, 0.3) is 33.3 Å². The van der Waals surface area contributed by atoms with E-state index >= 15 is 0 Å². The molecular weight excluding hydrogens is 406 g/mol. The summed E-state index contributed by atoms with van der Waals surface area (Å²) >= 11 is 0. The first-order valence-corrected chi connectivity index (χ1v) is 10.2. The quantitative estimate of drug-likeness (QED) is 0.449. The number of fused-ring (bicyclic) bond motifs is 1. The van der Waals surface area contributed by atoms with E-state index in [9.17, 15) is 4.79 Å². The Morgan fingerprint density at radius 2 is 1.56 bits per heavy atom. The number of anilines is 1. The summed E-state index contributed by atoms with van der Waals surface area (Å²) < 4.78 is 15.8. The fourth-order valence-corrected chi connectivity index (χ4v) is 3.91. The molecule has 2 heterocycles. The fourth-order valence-electron chi connectivity index (χ4n) is 3.91. The number of carbonyl (C=O) groups excluding carboxylic acids is 1. The Bertz CT molecular complexity index is 1300. The second kappa shape index (κ2) is 8.19. The summed E-state index contributed by atoms with van der Waals surface area (Å²) in [5.41, 5.74) is 5.45. The van der Waals surface area contributed by atoms with Crippen molar-refractivity contribution >= 4 is 22.7 Å². The number of amides is 1. The lowest BCUT2D eigenvalue weighted by Gasteiger charge is -2.14. The molecule has 3 aromatic carbocycles. The van der Waals surface area contributed by atoms with Gasteiger partial charge >= 0.3 is 6.09 Å². The zero-order valence-corrected chi connectivity index (χ0v) is 17.7. The molecule has 7 nitrogen and oxygen atoms in total. The largest absolute Gasteiger partial charge is 0.493 e. The van der Waals surface area contributed by atoms with E-state index in [1.165, 1.54) is 0 Å². The Balaban J connectivity index is 1.55. The van der Waals surface area contributed by atoms with Gasteiger partial charge in [0.2, 0.25) is 0 Å². The highest BCUT2D eigenvalue weighted by Gasteiger charge is 2.23. The predicted molar refractivity (Wildman–Crippen MR) is 122 cm³/mol. The highest BCUT2D eigenvalue weighted by atomic mass is 16.6. The van der Waals surface area contributed by atoms with Crippen molar-refractivity contribution in [1.29, 1.82) is 0 Å². The minimum Gasteiger partial charge on any atom is -0.493 e. The predicted octanol–water partition coefficient (Wildman–Crippen LogP) is 4.94. The standard InChI is InChI=1S/C25H21N3O4/c1-30-22-10-6-18(14-23(22)31-2)17-5-9-21-20(13-17)24(27-15-26-21)16-3-7-19(8-4-16)28-11-12-32-25(28)29/h3-10,13-15H,11-12H2,1-2H3. The molecule has 0 bridgehead atoms. The maximum absolute atomic E-state index is 11.8. The zero-order valence-electron chi connectivity index (χ0n) is 17.7. The van der Waals surface area contributed by atoms with E-state index in [1.807, 2.05) is 54.6 Å². The lowest BCUT2D eigenvalue weighted by atomic mass is 10.00. The molecule has 1 fully saturated rings. The molecule has 1 aliphatic rings. The Kier molecular flexibility index (Phi) is 5.07. The van der Waals surface area contributed by atoms with Crippen LogP contribution in [-0.4, -0.2) is 43.4 Å². The summed E-state index contributed by atoms with van der Waals surface area (Å²) in [5.74, 6) is 1.36. The molecule has 0 atom stereocenters. The molecule has 4 aromatic rings. The van der Waals surface area contributed by atoms with Gasteiger partial charge in [0.25, 0.3) is 0 Å². The van der Waals surface area contributed by atoms with Gasteiger partial charge in [-0.15, -0.1) is 0 Å². The molecule has 0 radical (unpaired) electrons. The number of cyclic esters (lactones) is 1. The highest BCUT2D eigenvalue weighted by molar-refractivity contribution is 5.96. The van der Waals surface area contributed by atoms with Gasteiger partial charge in [0.15, 0.2) is 11.5 Å². The van der Waals surface area contributed by atoms with Crippen LogP contribution in [0.5, 0.6) is 11.5 Å².